The number of hydrogen-bond acceptors (Lipinski definition) is 7. The first-order valence-electron chi connectivity index (χ1n) is 8.23. The number of thiophene rings is 1. The Labute approximate surface area is 150 Å². The van der Waals surface area contributed by atoms with Crippen molar-refractivity contribution in [2.45, 2.75) is 39.2 Å². The maximum atomic E-state index is 12.6. The lowest BCUT2D eigenvalue weighted by Crippen LogP contribution is -2.43. The number of ketones is 1. The van der Waals surface area contributed by atoms with Gasteiger partial charge in [-0.3, -0.25) is 4.79 Å². The highest BCUT2D eigenvalue weighted by Crippen LogP contribution is 2.26. The fraction of sp³-hybridized carbons (Fsp3) is 0.529. The molecule has 8 heteroatoms. The zero-order valence-electron chi connectivity index (χ0n) is 14.5. The second kappa shape index (κ2) is 6.95. The molecule has 0 bridgehead atoms. The van der Waals surface area contributed by atoms with Gasteiger partial charge < -0.3 is 14.1 Å². The number of likely N-dealkylation sites (tertiary alicyclic amines) is 1. The minimum Gasteiger partial charge on any atom is -0.444 e. The van der Waals surface area contributed by atoms with Gasteiger partial charge in [-0.25, -0.2) is 4.79 Å². The van der Waals surface area contributed by atoms with Crippen LogP contribution in [0, 0.1) is 5.92 Å². The third-order valence-corrected chi connectivity index (χ3v) is 4.74. The molecule has 0 radical (unpaired) electrons. The van der Waals surface area contributed by atoms with Gasteiger partial charge in [-0.15, -0.1) is 21.5 Å². The molecule has 3 rings (SSSR count). The van der Waals surface area contributed by atoms with Gasteiger partial charge in [-0.1, -0.05) is 6.07 Å². The first-order chi connectivity index (χ1) is 11.8. The number of Topliss-reactive ketones (excluding diaryl/α,β-unsaturated/α-hetero) is 1. The molecule has 1 amide bonds. The SMILES string of the molecule is CC(C)(C)OC(=O)N1CCC(C(=O)c2nnc(-c3cccs3)o2)CC1. The van der Waals surface area contributed by atoms with E-state index in [0.717, 1.165) is 4.88 Å². The number of carbonyl (C=O) groups excluding carboxylic acids is 2. The van der Waals surface area contributed by atoms with E-state index in [2.05, 4.69) is 10.2 Å². The Hall–Kier alpha value is -2.22. The third kappa shape index (κ3) is 4.25. The summed E-state index contributed by atoms with van der Waals surface area (Å²) in [6.45, 7) is 6.47. The molecule has 1 fully saturated rings. The number of rotatable bonds is 3. The van der Waals surface area contributed by atoms with E-state index >= 15 is 0 Å². The van der Waals surface area contributed by atoms with Gasteiger partial charge in [0.2, 0.25) is 5.78 Å². The monoisotopic (exact) mass is 363 g/mol. The molecule has 1 aliphatic heterocycles. The summed E-state index contributed by atoms with van der Waals surface area (Å²) >= 11 is 1.48. The van der Waals surface area contributed by atoms with E-state index in [9.17, 15) is 9.59 Å². The van der Waals surface area contributed by atoms with Crippen molar-refractivity contribution in [1.82, 2.24) is 15.1 Å². The van der Waals surface area contributed by atoms with E-state index in [0.29, 0.717) is 31.8 Å². The van der Waals surface area contributed by atoms with Crippen LogP contribution in [0.3, 0.4) is 0 Å². The van der Waals surface area contributed by atoms with Crippen molar-refractivity contribution in [2.75, 3.05) is 13.1 Å². The van der Waals surface area contributed by atoms with E-state index in [1.165, 1.54) is 11.3 Å². The first kappa shape index (κ1) is 17.6. The van der Waals surface area contributed by atoms with E-state index in [1.807, 2.05) is 38.3 Å². The molecule has 0 aliphatic carbocycles. The quantitative estimate of drug-likeness (QED) is 0.774. The van der Waals surface area contributed by atoms with Crippen molar-refractivity contribution >= 4 is 23.2 Å². The predicted molar refractivity (Wildman–Crippen MR) is 92.5 cm³/mol. The van der Waals surface area contributed by atoms with E-state index in [1.54, 1.807) is 4.90 Å². The van der Waals surface area contributed by atoms with Crippen LogP contribution < -0.4 is 0 Å². The first-order valence-corrected chi connectivity index (χ1v) is 9.11. The number of amides is 1. The third-order valence-electron chi connectivity index (χ3n) is 3.89. The second-order valence-corrected chi connectivity index (χ2v) is 7.94. The van der Waals surface area contributed by atoms with Crippen molar-refractivity contribution in [3.8, 4) is 10.8 Å². The van der Waals surface area contributed by atoms with Gasteiger partial charge in [-0.05, 0) is 45.1 Å². The molecule has 7 nitrogen and oxygen atoms in total. The molecule has 0 saturated carbocycles. The van der Waals surface area contributed by atoms with Crippen molar-refractivity contribution in [3.63, 3.8) is 0 Å². The van der Waals surface area contributed by atoms with Gasteiger partial charge in [-0.2, -0.15) is 0 Å². The maximum Gasteiger partial charge on any atom is 0.410 e. The van der Waals surface area contributed by atoms with Crippen molar-refractivity contribution in [2.24, 2.45) is 5.92 Å². The average molecular weight is 363 g/mol. The molecule has 0 N–H and O–H groups in total. The Morgan fingerprint density at radius 1 is 1.28 bits per heavy atom. The summed E-state index contributed by atoms with van der Waals surface area (Å²) in [5.41, 5.74) is -0.522. The number of hydrogen-bond donors (Lipinski definition) is 0. The number of nitrogens with zero attached hydrogens (tertiary/aromatic N) is 3. The van der Waals surface area contributed by atoms with Crippen LogP contribution in [0.5, 0.6) is 0 Å². The van der Waals surface area contributed by atoms with Gasteiger partial charge in [0.05, 0.1) is 4.88 Å². The second-order valence-electron chi connectivity index (χ2n) is 7.00. The number of aromatic nitrogens is 2. The number of piperidine rings is 1. The molecule has 1 saturated heterocycles. The zero-order valence-corrected chi connectivity index (χ0v) is 15.3. The van der Waals surface area contributed by atoms with Crippen LogP contribution in [0.2, 0.25) is 0 Å². The van der Waals surface area contributed by atoms with Crippen LogP contribution in [-0.4, -0.2) is 45.7 Å². The highest BCUT2D eigenvalue weighted by atomic mass is 32.1. The fourth-order valence-corrected chi connectivity index (χ4v) is 3.29. The Bertz CT molecular complexity index is 740. The molecular weight excluding hydrogens is 342 g/mol. The summed E-state index contributed by atoms with van der Waals surface area (Å²) in [6.07, 6.45) is 0.792. The van der Waals surface area contributed by atoms with Crippen molar-refractivity contribution in [3.05, 3.63) is 23.4 Å². The Morgan fingerprint density at radius 2 is 2.00 bits per heavy atom. The van der Waals surface area contributed by atoms with E-state index in [4.69, 9.17) is 9.15 Å². The Balaban J connectivity index is 1.58. The van der Waals surface area contributed by atoms with Crippen LogP contribution in [0.1, 0.15) is 44.3 Å². The smallest absolute Gasteiger partial charge is 0.410 e. The molecule has 1 aliphatic rings. The van der Waals surface area contributed by atoms with E-state index in [-0.39, 0.29) is 23.7 Å². The summed E-state index contributed by atoms with van der Waals surface area (Å²) in [5, 5.41) is 9.74. The molecule has 0 unspecified atom stereocenters. The van der Waals surface area contributed by atoms with Crippen LogP contribution >= 0.6 is 11.3 Å². The lowest BCUT2D eigenvalue weighted by molar-refractivity contribution is 0.0180. The summed E-state index contributed by atoms with van der Waals surface area (Å²) < 4.78 is 10.9. The Morgan fingerprint density at radius 3 is 2.60 bits per heavy atom. The lowest BCUT2D eigenvalue weighted by Gasteiger charge is -2.32. The average Bonchev–Trinajstić information content (AvgIpc) is 3.23. The normalized spacial score (nSPS) is 16.0. The van der Waals surface area contributed by atoms with Gasteiger partial charge in [0, 0.05) is 19.0 Å². The summed E-state index contributed by atoms with van der Waals surface area (Å²) in [7, 11) is 0. The number of carbonyl (C=O) groups is 2. The summed E-state index contributed by atoms with van der Waals surface area (Å²) in [4.78, 5) is 27.1. The zero-order chi connectivity index (χ0) is 18.0. The fourth-order valence-electron chi connectivity index (χ4n) is 2.65. The lowest BCUT2D eigenvalue weighted by atomic mass is 9.92. The number of ether oxygens (including phenoxy) is 1. The van der Waals surface area contributed by atoms with Gasteiger partial charge in [0.1, 0.15) is 5.60 Å². The van der Waals surface area contributed by atoms with E-state index < -0.39 is 5.60 Å². The topological polar surface area (TPSA) is 85.5 Å². The minimum atomic E-state index is -0.522. The predicted octanol–water partition coefficient (Wildman–Crippen LogP) is 3.63. The minimum absolute atomic E-state index is 0.0409. The van der Waals surface area contributed by atoms with Crippen LogP contribution in [0.25, 0.3) is 10.8 Å². The molecule has 3 heterocycles. The Kier molecular flexibility index (Phi) is 4.89. The van der Waals surface area contributed by atoms with Crippen LogP contribution in [-0.2, 0) is 4.74 Å². The van der Waals surface area contributed by atoms with Crippen molar-refractivity contribution < 1.29 is 18.7 Å². The van der Waals surface area contributed by atoms with Crippen LogP contribution in [0.4, 0.5) is 4.79 Å². The molecule has 0 aromatic carbocycles. The van der Waals surface area contributed by atoms with Gasteiger partial charge in [0.25, 0.3) is 11.8 Å². The molecule has 0 spiro atoms. The summed E-state index contributed by atoms with van der Waals surface area (Å²) in [6, 6.07) is 3.75. The van der Waals surface area contributed by atoms with Crippen LogP contribution in [0.15, 0.2) is 21.9 Å². The van der Waals surface area contributed by atoms with Gasteiger partial charge >= 0.3 is 6.09 Å². The highest BCUT2D eigenvalue weighted by molar-refractivity contribution is 7.13. The summed E-state index contributed by atoms with van der Waals surface area (Å²) in [5.74, 6) is 0.0399. The molecule has 25 heavy (non-hydrogen) atoms. The highest BCUT2D eigenvalue weighted by Gasteiger charge is 2.32. The van der Waals surface area contributed by atoms with Crippen molar-refractivity contribution in [1.29, 1.82) is 0 Å². The molecule has 0 atom stereocenters. The maximum absolute atomic E-state index is 12.6. The molecule has 134 valence electrons. The largest absolute Gasteiger partial charge is 0.444 e. The molecule has 2 aromatic heterocycles. The standard InChI is InChI=1S/C17H21N3O4S/c1-17(2,3)24-16(22)20-8-6-11(7-9-20)13(21)15-19-18-14(23-15)12-5-4-10-25-12/h4-5,10-11H,6-9H2,1-3H3. The molecular formula is C17H21N3O4S. The molecule has 2 aromatic rings. The van der Waals surface area contributed by atoms with Gasteiger partial charge in [0.15, 0.2) is 0 Å².